The van der Waals surface area contributed by atoms with E-state index in [4.69, 9.17) is 15.2 Å². The largest absolute Gasteiger partial charge is 0.493 e. The summed E-state index contributed by atoms with van der Waals surface area (Å²) in [6.07, 6.45) is 5.51. The molecule has 2 aromatic rings. The van der Waals surface area contributed by atoms with Crippen molar-refractivity contribution in [2.24, 2.45) is 17.6 Å². The van der Waals surface area contributed by atoms with Gasteiger partial charge in [-0.05, 0) is 63.1 Å². The Morgan fingerprint density at radius 3 is 2.42 bits per heavy atom. The van der Waals surface area contributed by atoms with Crippen LogP contribution in [0.1, 0.15) is 58.9 Å². The molecule has 3 rings (SSSR count). The van der Waals surface area contributed by atoms with Crippen LogP contribution in [0, 0.1) is 11.8 Å². The van der Waals surface area contributed by atoms with Crippen molar-refractivity contribution in [3.8, 4) is 22.8 Å². The van der Waals surface area contributed by atoms with Gasteiger partial charge in [-0.15, -0.1) is 5.10 Å². The molecule has 0 saturated heterocycles. The lowest BCUT2D eigenvalue weighted by atomic mass is 9.83. The van der Waals surface area contributed by atoms with Crippen molar-refractivity contribution in [3.63, 3.8) is 0 Å². The van der Waals surface area contributed by atoms with E-state index in [2.05, 4.69) is 15.6 Å². The van der Waals surface area contributed by atoms with Crippen molar-refractivity contribution in [1.82, 2.24) is 20.3 Å². The highest BCUT2D eigenvalue weighted by atomic mass is 16.5. The Bertz CT molecular complexity index is 981. The molecule has 1 saturated carbocycles. The number of methoxy groups -OCH3 is 2. The molecule has 1 aromatic heterocycles. The Morgan fingerprint density at radius 1 is 1.18 bits per heavy atom. The molecule has 1 atom stereocenters. The highest BCUT2D eigenvalue weighted by Crippen LogP contribution is 2.35. The number of hydrogen-bond acceptors (Lipinski definition) is 6. The molecule has 1 aliphatic carbocycles. The Hall–Kier alpha value is -3.10. The predicted molar refractivity (Wildman–Crippen MR) is 125 cm³/mol. The second-order valence-corrected chi connectivity index (χ2v) is 9.44. The van der Waals surface area contributed by atoms with E-state index in [0.29, 0.717) is 17.9 Å². The number of carbonyl (C=O) groups excluding carboxylic acids is 2. The first-order chi connectivity index (χ1) is 15.7. The van der Waals surface area contributed by atoms with E-state index in [1.807, 2.05) is 42.9 Å². The van der Waals surface area contributed by atoms with Crippen molar-refractivity contribution in [2.75, 3.05) is 14.2 Å². The number of carbonyl (C=O) groups is 2. The van der Waals surface area contributed by atoms with Gasteiger partial charge in [0.1, 0.15) is 11.2 Å². The minimum Gasteiger partial charge on any atom is -0.493 e. The van der Waals surface area contributed by atoms with E-state index in [0.717, 1.165) is 36.9 Å². The molecule has 0 aliphatic heterocycles. The summed E-state index contributed by atoms with van der Waals surface area (Å²) in [4.78, 5) is 24.9. The number of nitrogens with two attached hydrogens (primary N) is 1. The minimum absolute atomic E-state index is 0.0972. The maximum absolute atomic E-state index is 12.9. The van der Waals surface area contributed by atoms with Gasteiger partial charge in [-0.2, -0.15) is 0 Å². The van der Waals surface area contributed by atoms with E-state index < -0.39 is 11.4 Å². The third-order valence-corrected chi connectivity index (χ3v) is 6.39. The average molecular weight is 458 g/mol. The van der Waals surface area contributed by atoms with Crippen LogP contribution in [0.2, 0.25) is 0 Å². The van der Waals surface area contributed by atoms with Crippen molar-refractivity contribution in [3.05, 3.63) is 24.4 Å². The SMILES string of the molecule is COc1ccc(-c2cn(C3CCC(C(=O)NC(C)(CC(C)C)C(N)=O)CC3)nn2)cc1OC. The standard InChI is InChI=1S/C24H35N5O4/c1-15(2)13-24(3,23(25)31)26-22(30)16-6-9-18(10-7-16)29-14-19(27-28-29)17-8-11-20(32-4)21(12-17)33-5/h8,11-12,14-16,18H,6-7,9-10,13H2,1-5H3,(H2,25,31)(H,26,30). The number of benzene rings is 1. The van der Waals surface area contributed by atoms with Crippen LogP contribution < -0.4 is 20.5 Å². The summed E-state index contributed by atoms with van der Waals surface area (Å²) in [5, 5.41) is 11.6. The molecule has 180 valence electrons. The summed E-state index contributed by atoms with van der Waals surface area (Å²) >= 11 is 0. The quantitative estimate of drug-likeness (QED) is 0.597. The third kappa shape index (κ3) is 5.64. The second-order valence-electron chi connectivity index (χ2n) is 9.44. The van der Waals surface area contributed by atoms with E-state index in [9.17, 15) is 9.59 Å². The fourth-order valence-electron chi connectivity index (χ4n) is 4.59. The summed E-state index contributed by atoms with van der Waals surface area (Å²) in [5.74, 6) is 0.803. The molecule has 1 unspecified atom stereocenters. The molecule has 0 bridgehead atoms. The topological polar surface area (TPSA) is 121 Å². The van der Waals surface area contributed by atoms with Crippen LogP contribution in [0.25, 0.3) is 11.3 Å². The first-order valence-electron chi connectivity index (χ1n) is 11.4. The zero-order chi connectivity index (χ0) is 24.2. The number of primary amides is 1. The molecule has 33 heavy (non-hydrogen) atoms. The Morgan fingerprint density at radius 2 is 1.85 bits per heavy atom. The molecule has 2 amide bonds. The van der Waals surface area contributed by atoms with Gasteiger partial charge in [0.15, 0.2) is 11.5 Å². The normalized spacial score (nSPS) is 20.2. The number of nitrogens with one attached hydrogen (secondary N) is 1. The number of ether oxygens (including phenoxy) is 2. The summed E-state index contributed by atoms with van der Waals surface area (Å²) in [6.45, 7) is 5.73. The van der Waals surface area contributed by atoms with Gasteiger partial charge in [-0.3, -0.25) is 9.59 Å². The number of hydrogen-bond donors (Lipinski definition) is 2. The number of rotatable bonds is 9. The monoisotopic (exact) mass is 457 g/mol. The smallest absolute Gasteiger partial charge is 0.242 e. The first-order valence-corrected chi connectivity index (χ1v) is 11.4. The number of nitrogens with zero attached hydrogens (tertiary/aromatic N) is 3. The van der Waals surface area contributed by atoms with Crippen molar-refractivity contribution >= 4 is 11.8 Å². The minimum atomic E-state index is -1.03. The molecular weight excluding hydrogens is 422 g/mol. The summed E-state index contributed by atoms with van der Waals surface area (Å²) in [7, 11) is 3.20. The van der Waals surface area contributed by atoms with Crippen LogP contribution >= 0.6 is 0 Å². The highest BCUT2D eigenvalue weighted by molar-refractivity contribution is 5.90. The van der Waals surface area contributed by atoms with Gasteiger partial charge in [0, 0.05) is 11.5 Å². The van der Waals surface area contributed by atoms with Gasteiger partial charge >= 0.3 is 0 Å². The summed E-state index contributed by atoms with van der Waals surface area (Å²) in [5.41, 5.74) is 6.21. The van der Waals surface area contributed by atoms with Crippen molar-refractivity contribution in [1.29, 1.82) is 0 Å². The molecule has 9 heteroatoms. The number of amides is 2. The molecule has 1 fully saturated rings. The van der Waals surface area contributed by atoms with Gasteiger partial charge in [0.05, 0.1) is 26.5 Å². The van der Waals surface area contributed by atoms with Crippen molar-refractivity contribution in [2.45, 2.75) is 64.5 Å². The van der Waals surface area contributed by atoms with Crippen LogP contribution in [-0.4, -0.2) is 46.6 Å². The first kappa shape index (κ1) is 24.5. The Kier molecular flexibility index (Phi) is 7.61. The van der Waals surface area contributed by atoms with Gasteiger partial charge in [-0.1, -0.05) is 19.1 Å². The molecule has 1 aromatic carbocycles. The molecule has 1 heterocycles. The molecule has 9 nitrogen and oxygen atoms in total. The van der Waals surface area contributed by atoms with Crippen LogP contribution in [-0.2, 0) is 9.59 Å². The van der Waals surface area contributed by atoms with E-state index >= 15 is 0 Å². The Labute approximate surface area is 195 Å². The van der Waals surface area contributed by atoms with Gasteiger partial charge in [-0.25, -0.2) is 4.68 Å². The van der Waals surface area contributed by atoms with Crippen LogP contribution in [0.3, 0.4) is 0 Å². The van der Waals surface area contributed by atoms with E-state index in [1.54, 1.807) is 21.1 Å². The fourth-order valence-corrected chi connectivity index (χ4v) is 4.59. The van der Waals surface area contributed by atoms with Crippen LogP contribution in [0.5, 0.6) is 11.5 Å². The maximum Gasteiger partial charge on any atom is 0.242 e. The predicted octanol–water partition coefficient (Wildman–Crippen LogP) is 3.10. The molecular formula is C24H35N5O4. The van der Waals surface area contributed by atoms with Gasteiger partial charge < -0.3 is 20.5 Å². The molecule has 0 spiro atoms. The lowest BCUT2D eigenvalue weighted by molar-refractivity contribution is -0.134. The fraction of sp³-hybridized carbons (Fsp3) is 0.583. The highest BCUT2D eigenvalue weighted by Gasteiger charge is 2.37. The van der Waals surface area contributed by atoms with Gasteiger partial charge in [0.2, 0.25) is 11.8 Å². The second kappa shape index (κ2) is 10.2. The zero-order valence-corrected chi connectivity index (χ0v) is 20.1. The van der Waals surface area contributed by atoms with E-state index in [1.165, 1.54) is 0 Å². The lowest BCUT2D eigenvalue weighted by Gasteiger charge is -2.33. The van der Waals surface area contributed by atoms with Crippen molar-refractivity contribution < 1.29 is 19.1 Å². The summed E-state index contributed by atoms with van der Waals surface area (Å²) < 4.78 is 12.6. The van der Waals surface area contributed by atoms with Gasteiger partial charge in [0.25, 0.3) is 0 Å². The lowest BCUT2D eigenvalue weighted by Crippen LogP contribution is -2.57. The van der Waals surface area contributed by atoms with Crippen LogP contribution in [0.4, 0.5) is 0 Å². The Balaban J connectivity index is 1.62. The molecule has 3 N–H and O–H groups in total. The van der Waals surface area contributed by atoms with Crippen LogP contribution in [0.15, 0.2) is 24.4 Å². The number of aromatic nitrogens is 3. The van der Waals surface area contributed by atoms with E-state index in [-0.39, 0.29) is 23.8 Å². The maximum atomic E-state index is 12.9. The molecule has 0 radical (unpaired) electrons. The summed E-state index contributed by atoms with van der Waals surface area (Å²) in [6, 6.07) is 5.81. The third-order valence-electron chi connectivity index (χ3n) is 6.39. The molecule has 1 aliphatic rings. The average Bonchev–Trinajstić information content (AvgIpc) is 3.28. The zero-order valence-electron chi connectivity index (χ0n) is 20.1.